The molecule has 1 heterocycles. The zero-order valence-corrected chi connectivity index (χ0v) is 14.4. The number of carbonyl (C=O) groups excluding carboxylic acids is 1. The van der Waals surface area contributed by atoms with Gasteiger partial charge in [0.1, 0.15) is 0 Å². The summed E-state index contributed by atoms with van der Waals surface area (Å²) in [6.45, 7) is 9.89. The van der Waals surface area contributed by atoms with Crippen LogP contribution in [-0.4, -0.2) is 43.5 Å². The fraction of sp³-hybridized carbons (Fsp3) is 0.632. The highest BCUT2D eigenvalue weighted by molar-refractivity contribution is 5.91. The predicted molar refractivity (Wildman–Crippen MR) is 95.9 cm³/mol. The number of nitrogens with one attached hydrogen (secondary N) is 1. The maximum absolute atomic E-state index is 11.9. The Balaban J connectivity index is 1.53. The Bertz CT molecular complexity index is 531. The third-order valence-corrected chi connectivity index (χ3v) is 4.67. The number of hydrogen-bond acceptors (Lipinski definition) is 3. The van der Waals surface area contributed by atoms with Crippen molar-refractivity contribution in [1.29, 1.82) is 0 Å². The van der Waals surface area contributed by atoms with Gasteiger partial charge in [0.05, 0.1) is 0 Å². The molecule has 1 saturated heterocycles. The van der Waals surface area contributed by atoms with Crippen LogP contribution in [0.5, 0.6) is 0 Å². The molecule has 3 rings (SSSR count). The van der Waals surface area contributed by atoms with Gasteiger partial charge in [-0.25, -0.2) is 0 Å². The van der Waals surface area contributed by atoms with Gasteiger partial charge < -0.3 is 10.2 Å². The number of benzene rings is 1. The number of rotatable bonds is 6. The summed E-state index contributed by atoms with van der Waals surface area (Å²) in [6.07, 6.45) is 3.43. The summed E-state index contributed by atoms with van der Waals surface area (Å²) in [5.74, 6) is 1.46. The number of piperazine rings is 1. The van der Waals surface area contributed by atoms with Gasteiger partial charge in [-0.3, -0.25) is 9.69 Å². The van der Waals surface area contributed by atoms with Crippen molar-refractivity contribution in [3.05, 3.63) is 24.3 Å². The van der Waals surface area contributed by atoms with E-state index >= 15 is 0 Å². The van der Waals surface area contributed by atoms with E-state index in [0.29, 0.717) is 12.3 Å². The maximum atomic E-state index is 11.9. The molecule has 1 N–H and O–H groups in total. The minimum atomic E-state index is 0.103. The lowest BCUT2D eigenvalue weighted by molar-refractivity contribution is -0.116. The molecule has 0 unspecified atom stereocenters. The van der Waals surface area contributed by atoms with Gasteiger partial charge in [-0.05, 0) is 42.9 Å². The first-order chi connectivity index (χ1) is 11.1. The highest BCUT2D eigenvalue weighted by Gasteiger charge is 2.26. The average molecular weight is 315 g/mol. The number of anilines is 2. The fourth-order valence-corrected chi connectivity index (χ4v) is 3.22. The lowest BCUT2D eigenvalue weighted by atomic mass is 10.1. The maximum Gasteiger partial charge on any atom is 0.224 e. The standard InChI is InChI=1S/C19H29N3O/c1-15(2)12-19(23)20-17-4-3-5-18(13-17)22-10-8-21(9-11-22)14-16-6-7-16/h3-5,13,15-16H,6-12,14H2,1-2H3,(H,20,23). The summed E-state index contributed by atoms with van der Waals surface area (Å²) in [6, 6.07) is 8.27. The number of carbonyl (C=O) groups is 1. The Morgan fingerprint density at radius 2 is 1.96 bits per heavy atom. The molecule has 1 aliphatic carbocycles. The Morgan fingerprint density at radius 1 is 1.22 bits per heavy atom. The van der Waals surface area contributed by atoms with E-state index in [0.717, 1.165) is 37.8 Å². The van der Waals surface area contributed by atoms with Crippen molar-refractivity contribution >= 4 is 17.3 Å². The van der Waals surface area contributed by atoms with Crippen molar-refractivity contribution in [2.75, 3.05) is 42.9 Å². The summed E-state index contributed by atoms with van der Waals surface area (Å²) in [4.78, 5) is 17.0. The SMILES string of the molecule is CC(C)CC(=O)Nc1cccc(N2CCN(CC3CC3)CC2)c1. The average Bonchev–Trinajstić information content (AvgIpc) is 3.31. The molecule has 1 aromatic carbocycles. The Hall–Kier alpha value is -1.55. The van der Waals surface area contributed by atoms with Gasteiger partial charge in [-0.1, -0.05) is 19.9 Å². The van der Waals surface area contributed by atoms with Crippen molar-refractivity contribution in [3.8, 4) is 0 Å². The molecule has 4 nitrogen and oxygen atoms in total. The molecule has 0 bridgehead atoms. The second-order valence-corrected chi connectivity index (χ2v) is 7.43. The molecular weight excluding hydrogens is 286 g/mol. The summed E-state index contributed by atoms with van der Waals surface area (Å²) in [7, 11) is 0. The normalized spacial score (nSPS) is 19.2. The van der Waals surface area contributed by atoms with E-state index in [9.17, 15) is 4.79 Å². The topological polar surface area (TPSA) is 35.6 Å². The number of amides is 1. The fourth-order valence-electron chi connectivity index (χ4n) is 3.22. The van der Waals surface area contributed by atoms with Crippen LogP contribution in [0, 0.1) is 11.8 Å². The van der Waals surface area contributed by atoms with Crippen LogP contribution in [0.1, 0.15) is 33.1 Å². The molecule has 0 aromatic heterocycles. The van der Waals surface area contributed by atoms with E-state index in [4.69, 9.17) is 0 Å². The second kappa shape index (κ2) is 7.35. The van der Waals surface area contributed by atoms with Crippen LogP contribution in [0.2, 0.25) is 0 Å². The lowest BCUT2D eigenvalue weighted by Crippen LogP contribution is -2.47. The van der Waals surface area contributed by atoms with Crippen molar-refractivity contribution in [1.82, 2.24) is 4.90 Å². The minimum Gasteiger partial charge on any atom is -0.369 e. The molecule has 0 spiro atoms. The molecule has 1 aliphatic heterocycles. The molecule has 23 heavy (non-hydrogen) atoms. The third kappa shape index (κ3) is 4.96. The second-order valence-electron chi connectivity index (χ2n) is 7.43. The minimum absolute atomic E-state index is 0.103. The zero-order valence-electron chi connectivity index (χ0n) is 14.4. The first-order valence-electron chi connectivity index (χ1n) is 8.97. The summed E-state index contributed by atoms with van der Waals surface area (Å²) < 4.78 is 0. The molecule has 1 aromatic rings. The van der Waals surface area contributed by atoms with E-state index in [1.807, 2.05) is 12.1 Å². The number of nitrogens with zero attached hydrogens (tertiary/aromatic N) is 2. The number of hydrogen-bond donors (Lipinski definition) is 1. The van der Waals surface area contributed by atoms with Gasteiger partial charge in [0.15, 0.2) is 0 Å². The molecule has 4 heteroatoms. The van der Waals surface area contributed by atoms with Crippen molar-refractivity contribution in [2.24, 2.45) is 11.8 Å². The van der Waals surface area contributed by atoms with Crippen LogP contribution < -0.4 is 10.2 Å². The quantitative estimate of drug-likeness (QED) is 0.875. The molecule has 1 saturated carbocycles. The first-order valence-corrected chi connectivity index (χ1v) is 8.97. The van der Waals surface area contributed by atoms with Gasteiger partial charge in [0.25, 0.3) is 0 Å². The zero-order chi connectivity index (χ0) is 16.2. The van der Waals surface area contributed by atoms with Crippen LogP contribution in [0.25, 0.3) is 0 Å². The predicted octanol–water partition coefficient (Wildman–Crippen LogP) is 3.20. The monoisotopic (exact) mass is 315 g/mol. The Labute approximate surface area is 139 Å². The van der Waals surface area contributed by atoms with E-state index in [-0.39, 0.29) is 5.91 Å². The van der Waals surface area contributed by atoms with E-state index in [1.165, 1.54) is 25.1 Å². The lowest BCUT2D eigenvalue weighted by Gasteiger charge is -2.36. The first kappa shape index (κ1) is 16.3. The summed E-state index contributed by atoms with van der Waals surface area (Å²) in [5.41, 5.74) is 2.13. The highest BCUT2D eigenvalue weighted by atomic mass is 16.1. The molecule has 0 atom stereocenters. The molecule has 2 aliphatic rings. The van der Waals surface area contributed by atoms with Gasteiger partial charge in [-0.15, -0.1) is 0 Å². The van der Waals surface area contributed by atoms with Gasteiger partial charge in [-0.2, -0.15) is 0 Å². The van der Waals surface area contributed by atoms with Crippen molar-refractivity contribution in [2.45, 2.75) is 33.1 Å². The van der Waals surface area contributed by atoms with E-state index in [2.05, 4.69) is 41.1 Å². The van der Waals surface area contributed by atoms with E-state index < -0.39 is 0 Å². The van der Waals surface area contributed by atoms with Crippen LogP contribution >= 0.6 is 0 Å². The van der Waals surface area contributed by atoms with Gasteiger partial charge in [0, 0.05) is 50.5 Å². The molecule has 2 fully saturated rings. The smallest absolute Gasteiger partial charge is 0.224 e. The third-order valence-electron chi connectivity index (χ3n) is 4.67. The van der Waals surface area contributed by atoms with Crippen LogP contribution in [0.4, 0.5) is 11.4 Å². The Kier molecular flexibility index (Phi) is 5.21. The Morgan fingerprint density at radius 3 is 2.61 bits per heavy atom. The molecule has 0 radical (unpaired) electrons. The summed E-state index contributed by atoms with van der Waals surface area (Å²) >= 11 is 0. The van der Waals surface area contributed by atoms with Crippen LogP contribution in [0.3, 0.4) is 0 Å². The molecule has 126 valence electrons. The molecular formula is C19H29N3O. The largest absolute Gasteiger partial charge is 0.369 e. The van der Waals surface area contributed by atoms with E-state index in [1.54, 1.807) is 0 Å². The van der Waals surface area contributed by atoms with Gasteiger partial charge >= 0.3 is 0 Å². The summed E-state index contributed by atoms with van der Waals surface area (Å²) in [5, 5.41) is 3.02. The van der Waals surface area contributed by atoms with Gasteiger partial charge in [0.2, 0.25) is 5.91 Å². The van der Waals surface area contributed by atoms with Crippen molar-refractivity contribution in [3.63, 3.8) is 0 Å². The van der Waals surface area contributed by atoms with Crippen LogP contribution in [0.15, 0.2) is 24.3 Å². The van der Waals surface area contributed by atoms with Crippen molar-refractivity contribution < 1.29 is 4.79 Å². The highest BCUT2D eigenvalue weighted by Crippen LogP contribution is 2.30. The van der Waals surface area contributed by atoms with Crippen LogP contribution in [-0.2, 0) is 4.79 Å². The molecule has 1 amide bonds.